The minimum atomic E-state index is -0.465. The van der Waals surface area contributed by atoms with E-state index in [1.807, 2.05) is 62.4 Å². The highest BCUT2D eigenvalue weighted by Crippen LogP contribution is 2.35. The molecule has 0 bridgehead atoms. The number of halogens is 1. The lowest BCUT2D eigenvalue weighted by molar-refractivity contribution is -0.117. The van der Waals surface area contributed by atoms with E-state index >= 15 is 0 Å². The smallest absolute Gasteiger partial charge is 0.262 e. The lowest BCUT2D eigenvalue weighted by atomic mass is 10.1. The summed E-state index contributed by atoms with van der Waals surface area (Å²) in [6.07, 6.45) is 1.53. The number of amides is 1. The zero-order valence-corrected chi connectivity index (χ0v) is 21.5. The van der Waals surface area contributed by atoms with Crippen molar-refractivity contribution >= 4 is 27.9 Å². The predicted molar refractivity (Wildman–Crippen MR) is 139 cm³/mol. The molecule has 1 N–H and O–H groups in total. The molecular weight excluding hydrogens is 508 g/mol. The van der Waals surface area contributed by atoms with Crippen LogP contribution in [0.4, 0.5) is 0 Å². The molecule has 0 aliphatic carbocycles. The Bertz CT molecular complexity index is 1250. The molecule has 0 aromatic heterocycles. The molecule has 0 spiro atoms. The largest absolute Gasteiger partial charge is 0.497 e. The third kappa shape index (κ3) is 7.36. The summed E-state index contributed by atoms with van der Waals surface area (Å²) in [4.78, 5) is 12.7. The summed E-state index contributed by atoms with van der Waals surface area (Å²) in [7, 11) is 1.60. The molecule has 180 valence electrons. The fourth-order valence-corrected chi connectivity index (χ4v) is 3.77. The van der Waals surface area contributed by atoms with Crippen LogP contribution < -0.4 is 19.5 Å². The average molecular weight is 535 g/mol. The van der Waals surface area contributed by atoms with Gasteiger partial charge in [0.2, 0.25) is 0 Å². The summed E-state index contributed by atoms with van der Waals surface area (Å²) >= 11 is 3.53. The molecule has 7 heteroatoms. The fourth-order valence-electron chi connectivity index (χ4n) is 3.33. The maximum atomic E-state index is 12.7. The molecule has 0 aliphatic heterocycles. The molecule has 0 saturated heterocycles. The Kier molecular flexibility index (Phi) is 9.33. The Balaban J connectivity index is 1.76. The molecule has 0 heterocycles. The molecule has 0 atom stereocenters. The van der Waals surface area contributed by atoms with Crippen molar-refractivity contribution < 1.29 is 19.0 Å². The number of benzene rings is 3. The summed E-state index contributed by atoms with van der Waals surface area (Å²) < 4.78 is 17.6. The van der Waals surface area contributed by atoms with E-state index < -0.39 is 5.91 Å². The van der Waals surface area contributed by atoms with Gasteiger partial charge in [0.1, 0.15) is 24.0 Å². The Morgan fingerprint density at radius 1 is 1.06 bits per heavy atom. The number of nitrogens with one attached hydrogen (secondary N) is 1. The zero-order chi connectivity index (χ0) is 25.2. The van der Waals surface area contributed by atoms with Gasteiger partial charge in [0.25, 0.3) is 5.91 Å². The Hall–Kier alpha value is -3.76. The first-order chi connectivity index (χ1) is 16.9. The van der Waals surface area contributed by atoms with Crippen molar-refractivity contribution in [3.05, 3.63) is 93.0 Å². The monoisotopic (exact) mass is 534 g/mol. The number of nitriles is 1. The van der Waals surface area contributed by atoms with E-state index in [9.17, 15) is 10.1 Å². The number of hydrogen-bond acceptors (Lipinski definition) is 5. The van der Waals surface area contributed by atoms with E-state index in [1.54, 1.807) is 19.2 Å². The third-order valence-electron chi connectivity index (χ3n) is 5.12. The lowest BCUT2D eigenvalue weighted by Gasteiger charge is -2.14. The van der Waals surface area contributed by atoms with Gasteiger partial charge in [-0.3, -0.25) is 4.79 Å². The Morgan fingerprint density at radius 3 is 2.46 bits per heavy atom. The van der Waals surface area contributed by atoms with Gasteiger partial charge >= 0.3 is 0 Å². The predicted octanol–water partition coefficient (Wildman–Crippen LogP) is 5.97. The standard InChI is InChI=1S/C28H27BrN2O4/c1-4-34-26-14-22(25(29)15-27(26)35-18-21-7-5-6-19(2)12-21)13-23(16-30)28(32)31-17-20-8-10-24(33-3)11-9-20/h5-15H,4,17-18H2,1-3H3,(H,31,32)/b23-13-. The van der Waals surface area contributed by atoms with Crippen LogP contribution in [0.1, 0.15) is 29.2 Å². The van der Waals surface area contributed by atoms with E-state index in [0.717, 1.165) is 22.4 Å². The van der Waals surface area contributed by atoms with Crippen LogP contribution in [0.5, 0.6) is 17.2 Å². The van der Waals surface area contributed by atoms with Gasteiger partial charge in [0.15, 0.2) is 11.5 Å². The number of hydrogen-bond donors (Lipinski definition) is 1. The van der Waals surface area contributed by atoms with Crippen molar-refractivity contribution in [2.45, 2.75) is 27.0 Å². The van der Waals surface area contributed by atoms with Crippen LogP contribution in [0.3, 0.4) is 0 Å². The average Bonchev–Trinajstić information content (AvgIpc) is 2.86. The van der Waals surface area contributed by atoms with E-state index in [4.69, 9.17) is 14.2 Å². The molecule has 3 aromatic rings. The molecule has 0 aliphatic rings. The maximum Gasteiger partial charge on any atom is 0.262 e. The van der Waals surface area contributed by atoms with E-state index in [2.05, 4.69) is 27.3 Å². The number of carbonyl (C=O) groups excluding carboxylic acids is 1. The number of methoxy groups -OCH3 is 1. The summed E-state index contributed by atoms with van der Waals surface area (Å²) in [6.45, 7) is 5.04. The van der Waals surface area contributed by atoms with Gasteiger partial charge in [-0.2, -0.15) is 5.26 Å². The highest BCUT2D eigenvalue weighted by Gasteiger charge is 2.14. The van der Waals surface area contributed by atoms with Crippen LogP contribution in [-0.4, -0.2) is 19.6 Å². The zero-order valence-electron chi connectivity index (χ0n) is 19.9. The van der Waals surface area contributed by atoms with Crippen molar-refractivity contribution in [3.63, 3.8) is 0 Å². The second-order valence-corrected chi connectivity index (χ2v) is 8.59. The summed E-state index contributed by atoms with van der Waals surface area (Å²) in [5, 5.41) is 12.4. The number of nitrogens with zero attached hydrogens (tertiary/aromatic N) is 1. The van der Waals surface area contributed by atoms with Crippen LogP contribution in [0.2, 0.25) is 0 Å². The van der Waals surface area contributed by atoms with Gasteiger partial charge in [-0.15, -0.1) is 0 Å². The van der Waals surface area contributed by atoms with Crippen molar-refractivity contribution in [2.75, 3.05) is 13.7 Å². The minimum absolute atomic E-state index is 0.0184. The molecule has 6 nitrogen and oxygen atoms in total. The molecule has 0 saturated carbocycles. The molecule has 0 radical (unpaired) electrons. The van der Waals surface area contributed by atoms with Gasteiger partial charge in [-0.05, 0) is 60.9 Å². The number of ether oxygens (including phenoxy) is 3. The first kappa shape index (κ1) is 25.9. The number of aryl methyl sites for hydroxylation is 1. The molecule has 3 aromatic carbocycles. The van der Waals surface area contributed by atoms with E-state index in [-0.39, 0.29) is 5.57 Å². The summed E-state index contributed by atoms with van der Waals surface area (Å²) in [5.74, 6) is 1.37. The lowest BCUT2D eigenvalue weighted by Crippen LogP contribution is -2.23. The molecule has 0 unspecified atom stereocenters. The van der Waals surface area contributed by atoms with Gasteiger partial charge in [0.05, 0.1) is 13.7 Å². The third-order valence-corrected chi connectivity index (χ3v) is 5.80. The molecule has 35 heavy (non-hydrogen) atoms. The SMILES string of the molecule is CCOc1cc(/C=C(/C#N)C(=O)NCc2ccc(OC)cc2)c(Br)cc1OCc1cccc(C)c1. The maximum absolute atomic E-state index is 12.7. The highest BCUT2D eigenvalue weighted by atomic mass is 79.9. The number of rotatable bonds is 10. The van der Waals surface area contributed by atoms with Crippen LogP contribution in [0.15, 0.2) is 70.7 Å². The van der Waals surface area contributed by atoms with Crippen molar-refractivity contribution in [3.8, 4) is 23.3 Å². The quantitative estimate of drug-likeness (QED) is 0.256. The van der Waals surface area contributed by atoms with Crippen LogP contribution >= 0.6 is 15.9 Å². The normalized spacial score (nSPS) is 10.9. The minimum Gasteiger partial charge on any atom is -0.497 e. The van der Waals surface area contributed by atoms with Crippen molar-refractivity contribution in [1.29, 1.82) is 5.26 Å². The summed E-state index contributed by atoms with van der Waals surface area (Å²) in [5.41, 5.74) is 3.72. The Morgan fingerprint density at radius 2 is 1.80 bits per heavy atom. The second kappa shape index (κ2) is 12.6. The van der Waals surface area contributed by atoms with Crippen molar-refractivity contribution in [1.82, 2.24) is 5.32 Å². The van der Waals surface area contributed by atoms with E-state index in [1.165, 1.54) is 6.08 Å². The van der Waals surface area contributed by atoms with Gasteiger partial charge in [-0.1, -0.05) is 57.9 Å². The number of carbonyl (C=O) groups is 1. The second-order valence-electron chi connectivity index (χ2n) is 7.73. The highest BCUT2D eigenvalue weighted by molar-refractivity contribution is 9.10. The van der Waals surface area contributed by atoms with Gasteiger partial charge < -0.3 is 19.5 Å². The van der Waals surface area contributed by atoms with E-state index in [0.29, 0.717) is 41.3 Å². The Labute approximate surface area is 214 Å². The van der Waals surface area contributed by atoms with Gasteiger partial charge in [0, 0.05) is 11.0 Å². The topological polar surface area (TPSA) is 80.6 Å². The molecule has 0 fully saturated rings. The van der Waals surface area contributed by atoms with Crippen LogP contribution in [0.25, 0.3) is 6.08 Å². The van der Waals surface area contributed by atoms with Crippen LogP contribution in [0, 0.1) is 18.3 Å². The van der Waals surface area contributed by atoms with Crippen LogP contribution in [-0.2, 0) is 17.9 Å². The van der Waals surface area contributed by atoms with Gasteiger partial charge in [-0.25, -0.2) is 0 Å². The first-order valence-corrected chi connectivity index (χ1v) is 11.9. The van der Waals surface area contributed by atoms with Crippen molar-refractivity contribution in [2.24, 2.45) is 0 Å². The fraction of sp³-hybridized carbons (Fsp3) is 0.214. The summed E-state index contributed by atoms with van der Waals surface area (Å²) in [6, 6.07) is 21.0. The molecular formula is C28H27BrN2O4. The molecule has 1 amide bonds. The first-order valence-electron chi connectivity index (χ1n) is 11.1. The molecule has 3 rings (SSSR count).